The van der Waals surface area contributed by atoms with E-state index >= 15 is 0 Å². The lowest BCUT2D eigenvalue weighted by molar-refractivity contribution is 0.0694. The third-order valence-corrected chi connectivity index (χ3v) is 3.71. The number of methoxy groups -OCH3 is 1. The average Bonchev–Trinajstić information content (AvgIpc) is 2.46. The zero-order chi connectivity index (χ0) is 15.1. The minimum absolute atomic E-state index is 0.0568. The maximum atomic E-state index is 12.0. The fourth-order valence-corrected chi connectivity index (χ4v) is 2.65. The van der Waals surface area contributed by atoms with Gasteiger partial charge in [0.25, 0.3) is 0 Å². The van der Waals surface area contributed by atoms with Gasteiger partial charge in [0.1, 0.15) is 5.56 Å². The molecular weight excluding hydrogens is 272 g/mol. The molecule has 1 aliphatic rings. The summed E-state index contributed by atoms with van der Waals surface area (Å²) in [6.45, 7) is 1.98. The number of hydrogen-bond donors (Lipinski definition) is 1. The molecule has 0 saturated carbocycles. The molecule has 108 valence electrons. The van der Waals surface area contributed by atoms with Crippen LogP contribution in [0.4, 0.5) is 0 Å². The van der Waals surface area contributed by atoms with Crippen LogP contribution >= 0.6 is 0 Å². The maximum Gasteiger partial charge on any atom is 0.341 e. The summed E-state index contributed by atoms with van der Waals surface area (Å²) in [7, 11) is 1.53. The lowest BCUT2D eigenvalue weighted by atomic mass is 9.97. The SMILES string of the molecule is COc1ccc2c(n1)-c1cc(=O)c(C(=O)O)cn1C(C)C2. The van der Waals surface area contributed by atoms with Gasteiger partial charge in [-0.1, -0.05) is 6.07 Å². The van der Waals surface area contributed by atoms with E-state index in [0.29, 0.717) is 17.3 Å². The molecular formula is C15H14N2O4. The van der Waals surface area contributed by atoms with Crippen LogP contribution in [0.3, 0.4) is 0 Å². The molecule has 3 heterocycles. The first-order valence-electron chi connectivity index (χ1n) is 6.55. The summed E-state index contributed by atoms with van der Waals surface area (Å²) < 4.78 is 6.91. The highest BCUT2D eigenvalue weighted by Gasteiger charge is 2.24. The van der Waals surface area contributed by atoms with Gasteiger partial charge in [-0.05, 0) is 18.9 Å². The van der Waals surface area contributed by atoms with Crippen molar-refractivity contribution in [3.05, 3.63) is 45.7 Å². The number of fused-ring (bicyclic) bond motifs is 3. The Hall–Kier alpha value is -2.63. The first-order valence-corrected chi connectivity index (χ1v) is 6.55. The van der Waals surface area contributed by atoms with E-state index in [4.69, 9.17) is 9.84 Å². The van der Waals surface area contributed by atoms with Gasteiger partial charge in [0, 0.05) is 24.4 Å². The number of aromatic carboxylic acids is 1. The summed E-state index contributed by atoms with van der Waals surface area (Å²) in [5, 5.41) is 9.08. The third kappa shape index (κ3) is 2.08. The van der Waals surface area contributed by atoms with Crippen molar-refractivity contribution in [3.63, 3.8) is 0 Å². The molecule has 21 heavy (non-hydrogen) atoms. The monoisotopic (exact) mass is 286 g/mol. The van der Waals surface area contributed by atoms with Crippen molar-refractivity contribution in [2.24, 2.45) is 0 Å². The van der Waals surface area contributed by atoms with E-state index in [0.717, 1.165) is 12.0 Å². The van der Waals surface area contributed by atoms with Gasteiger partial charge in [-0.25, -0.2) is 9.78 Å². The summed E-state index contributed by atoms with van der Waals surface area (Å²) in [6.07, 6.45) is 2.12. The maximum absolute atomic E-state index is 12.0. The van der Waals surface area contributed by atoms with Crippen LogP contribution in [0.15, 0.2) is 29.2 Å². The Morgan fingerprint density at radius 2 is 2.24 bits per heavy atom. The smallest absolute Gasteiger partial charge is 0.341 e. The fraction of sp³-hybridized carbons (Fsp3) is 0.267. The van der Waals surface area contributed by atoms with E-state index in [1.54, 1.807) is 10.6 Å². The zero-order valence-electron chi connectivity index (χ0n) is 11.7. The topological polar surface area (TPSA) is 81.4 Å². The van der Waals surface area contributed by atoms with Crippen LogP contribution in [0.1, 0.15) is 28.9 Å². The lowest BCUT2D eigenvalue weighted by Gasteiger charge is -2.27. The molecule has 0 fully saturated rings. The molecule has 6 nitrogen and oxygen atoms in total. The van der Waals surface area contributed by atoms with Crippen molar-refractivity contribution < 1.29 is 14.6 Å². The van der Waals surface area contributed by atoms with E-state index in [9.17, 15) is 9.59 Å². The van der Waals surface area contributed by atoms with Gasteiger partial charge in [0.2, 0.25) is 5.88 Å². The number of ether oxygens (including phenoxy) is 1. The number of aromatic nitrogens is 2. The second-order valence-corrected chi connectivity index (χ2v) is 5.06. The normalized spacial score (nSPS) is 16.0. The molecule has 1 N–H and O–H groups in total. The number of carboxylic acids is 1. The van der Waals surface area contributed by atoms with Crippen molar-refractivity contribution >= 4 is 5.97 Å². The highest BCUT2D eigenvalue weighted by Crippen LogP contribution is 2.33. The van der Waals surface area contributed by atoms with Crippen LogP contribution in [0.25, 0.3) is 11.4 Å². The standard InChI is InChI=1S/C15H14N2O4/c1-8-5-9-3-4-13(21-2)16-14(9)11-6-12(18)10(15(19)20)7-17(8)11/h3-4,6-8H,5H2,1-2H3,(H,19,20). The highest BCUT2D eigenvalue weighted by molar-refractivity contribution is 5.87. The first kappa shape index (κ1) is 13.4. The molecule has 0 aliphatic carbocycles. The Balaban J connectivity index is 2.28. The van der Waals surface area contributed by atoms with Crippen LogP contribution in [-0.2, 0) is 6.42 Å². The molecule has 0 radical (unpaired) electrons. The largest absolute Gasteiger partial charge is 0.481 e. The summed E-state index contributed by atoms with van der Waals surface area (Å²) in [5.41, 5.74) is 1.57. The molecule has 6 heteroatoms. The molecule has 1 atom stereocenters. The van der Waals surface area contributed by atoms with Gasteiger partial charge < -0.3 is 14.4 Å². The molecule has 2 aromatic heterocycles. The molecule has 0 aromatic carbocycles. The summed E-state index contributed by atoms with van der Waals surface area (Å²) in [6, 6.07) is 5.10. The van der Waals surface area contributed by atoms with Gasteiger partial charge in [-0.15, -0.1) is 0 Å². The lowest BCUT2D eigenvalue weighted by Crippen LogP contribution is -2.24. The Kier molecular flexibility index (Phi) is 3.01. The molecule has 0 amide bonds. The molecule has 1 unspecified atom stereocenters. The van der Waals surface area contributed by atoms with E-state index in [-0.39, 0.29) is 11.6 Å². The molecule has 2 aromatic rings. The van der Waals surface area contributed by atoms with E-state index in [1.165, 1.54) is 19.4 Å². The van der Waals surface area contributed by atoms with Crippen LogP contribution in [0.2, 0.25) is 0 Å². The first-order chi connectivity index (χ1) is 10.0. The zero-order valence-corrected chi connectivity index (χ0v) is 11.7. The minimum atomic E-state index is -1.22. The number of rotatable bonds is 2. The van der Waals surface area contributed by atoms with Gasteiger partial charge >= 0.3 is 5.97 Å². The number of hydrogen-bond acceptors (Lipinski definition) is 4. The van der Waals surface area contributed by atoms with Gasteiger partial charge in [0.15, 0.2) is 5.43 Å². The van der Waals surface area contributed by atoms with Crippen molar-refractivity contribution in [2.75, 3.05) is 7.11 Å². The average molecular weight is 286 g/mol. The van der Waals surface area contributed by atoms with Crippen LogP contribution in [-0.4, -0.2) is 27.7 Å². The van der Waals surface area contributed by atoms with E-state index in [2.05, 4.69) is 4.98 Å². The van der Waals surface area contributed by atoms with Gasteiger partial charge in [-0.3, -0.25) is 4.79 Å². The van der Waals surface area contributed by atoms with Crippen molar-refractivity contribution in [1.29, 1.82) is 0 Å². The minimum Gasteiger partial charge on any atom is -0.481 e. The van der Waals surface area contributed by atoms with Crippen molar-refractivity contribution in [2.45, 2.75) is 19.4 Å². The summed E-state index contributed by atoms with van der Waals surface area (Å²) in [4.78, 5) is 27.5. The van der Waals surface area contributed by atoms with Crippen LogP contribution in [0, 0.1) is 0 Å². The molecule has 0 spiro atoms. The Morgan fingerprint density at radius 1 is 1.48 bits per heavy atom. The summed E-state index contributed by atoms with van der Waals surface area (Å²) >= 11 is 0. The second-order valence-electron chi connectivity index (χ2n) is 5.06. The van der Waals surface area contributed by atoms with Crippen LogP contribution in [0.5, 0.6) is 5.88 Å². The number of carbonyl (C=O) groups is 1. The quantitative estimate of drug-likeness (QED) is 0.909. The van der Waals surface area contributed by atoms with Gasteiger partial charge in [-0.2, -0.15) is 0 Å². The number of pyridine rings is 2. The molecule has 3 rings (SSSR count). The second kappa shape index (κ2) is 4.73. The Bertz CT molecular complexity index is 795. The van der Waals surface area contributed by atoms with Crippen molar-refractivity contribution in [3.8, 4) is 17.3 Å². The number of nitrogens with zero attached hydrogens (tertiary/aromatic N) is 2. The van der Waals surface area contributed by atoms with Gasteiger partial charge in [0.05, 0.1) is 18.5 Å². The fourth-order valence-electron chi connectivity index (χ4n) is 2.65. The molecule has 0 bridgehead atoms. The van der Waals surface area contributed by atoms with E-state index in [1.807, 2.05) is 13.0 Å². The predicted molar refractivity (Wildman–Crippen MR) is 75.9 cm³/mol. The Morgan fingerprint density at radius 3 is 2.90 bits per heavy atom. The highest BCUT2D eigenvalue weighted by atomic mass is 16.5. The molecule has 0 saturated heterocycles. The summed E-state index contributed by atoms with van der Waals surface area (Å²) in [5.74, 6) is -0.753. The van der Waals surface area contributed by atoms with Crippen LogP contribution < -0.4 is 10.2 Å². The van der Waals surface area contributed by atoms with E-state index < -0.39 is 11.4 Å². The third-order valence-electron chi connectivity index (χ3n) is 3.71. The predicted octanol–water partition coefficient (Wildman–Crippen LogP) is 1.73. The van der Waals surface area contributed by atoms with Crippen molar-refractivity contribution in [1.82, 2.24) is 9.55 Å². The molecule has 1 aliphatic heterocycles. The number of carboxylic acid groups (broad SMARTS) is 1. The Labute approximate surface area is 120 Å².